The number of methoxy groups -OCH3 is 2. The summed E-state index contributed by atoms with van der Waals surface area (Å²) in [6.45, 7) is 2.51. The molecule has 1 heterocycles. The third-order valence-electron chi connectivity index (χ3n) is 4.40. The van der Waals surface area contributed by atoms with E-state index in [2.05, 4.69) is 12.2 Å². The standard InChI is InChI=1S/C18H24N2O3S/c1-11(18-20-14-5-4-6-17(14)24-18)19-10-15(21)13-9-12(22-2)7-8-16(13)23-3/h7-9,11,15,19,21H,4-6,10H2,1-3H3. The quantitative estimate of drug-likeness (QED) is 0.805. The van der Waals surface area contributed by atoms with Crippen molar-refractivity contribution >= 4 is 11.3 Å². The van der Waals surface area contributed by atoms with E-state index in [0.29, 0.717) is 18.0 Å². The molecule has 0 amide bonds. The lowest BCUT2D eigenvalue weighted by molar-refractivity contribution is 0.166. The normalized spacial score (nSPS) is 15.8. The van der Waals surface area contributed by atoms with Crippen molar-refractivity contribution in [2.75, 3.05) is 20.8 Å². The number of fused-ring (bicyclic) bond motifs is 1. The molecule has 2 aromatic rings. The zero-order chi connectivity index (χ0) is 17.1. The first-order valence-corrected chi connectivity index (χ1v) is 9.06. The van der Waals surface area contributed by atoms with Gasteiger partial charge in [-0.3, -0.25) is 0 Å². The van der Waals surface area contributed by atoms with Crippen LogP contribution in [0, 0.1) is 0 Å². The maximum Gasteiger partial charge on any atom is 0.124 e. The van der Waals surface area contributed by atoms with Gasteiger partial charge >= 0.3 is 0 Å². The fourth-order valence-electron chi connectivity index (χ4n) is 2.98. The van der Waals surface area contributed by atoms with Crippen molar-refractivity contribution in [3.8, 4) is 11.5 Å². The lowest BCUT2D eigenvalue weighted by Gasteiger charge is -2.18. The SMILES string of the molecule is COc1ccc(OC)c(C(O)CNC(C)c2nc3c(s2)CCC3)c1. The molecule has 0 saturated heterocycles. The summed E-state index contributed by atoms with van der Waals surface area (Å²) in [4.78, 5) is 6.16. The number of aliphatic hydroxyl groups excluding tert-OH is 1. The van der Waals surface area contributed by atoms with Crippen LogP contribution in [0.4, 0.5) is 0 Å². The Labute approximate surface area is 146 Å². The fourth-order valence-corrected chi connectivity index (χ4v) is 4.16. The van der Waals surface area contributed by atoms with E-state index in [0.717, 1.165) is 23.4 Å². The van der Waals surface area contributed by atoms with E-state index in [4.69, 9.17) is 14.5 Å². The summed E-state index contributed by atoms with van der Waals surface area (Å²) in [5, 5.41) is 15.0. The molecule has 6 heteroatoms. The number of aliphatic hydroxyl groups is 1. The van der Waals surface area contributed by atoms with Crippen molar-refractivity contribution in [1.29, 1.82) is 0 Å². The van der Waals surface area contributed by atoms with Crippen molar-refractivity contribution in [3.63, 3.8) is 0 Å². The molecule has 1 aliphatic rings. The predicted octanol–water partition coefficient (Wildman–Crippen LogP) is 3.03. The zero-order valence-electron chi connectivity index (χ0n) is 14.3. The first kappa shape index (κ1) is 17.2. The molecule has 2 N–H and O–H groups in total. The first-order valence-electron chi connectivity index (χ1n) is 8.24. The molecule has 5 nitrogen and oxygen atoms in total. The van der Waals surface area contributed by atoms with Gasteiger partial charge in [0.15, 0.2) is 0 Å². The summed E-state index contributed by atoms with van der Waals surface area (Å²) in [6, 6.07) is 5.56. The average molecular weight is 348 g/mol. The molecule has 2 atom stereocenters. The number of hydrogen-bond acceptors (Lipinski definition) is 6. The number of aromatic nitrogens is 1. The maximum atomic E-state index is 10.6. The Morgan fingerprint density at radius 2 is 2.12 bits per heavy atom. The van der Waals surface area contributed by atoms with Crippen molar-refractivity contribution in [2.45, 2.75) is 38.3 Å². The third-order valence-corrected chi connectivity index (χ3v) is 5.74. The van der Waals surface area contributed by atoms with Gasteiger partial charge in [0.2, 0.25) is 0 Å². The molecule has 0 fully saturated rings. The fraction of sp³-hybridized carbons (Fsp3) is 0.500. The highest BCUT2D eigenvalue weighted by atomic mass is 32.1. The molecule has 1 aromatic heterocycles. The Hall–Kier alpha value is -1.63. The molecule has 0 aliphatic heterocycles. The van der Waals surface area contributed by atoms with Gasteiger partial charge in [-0.05, 0) is 44.4 Å². The highest BCUT2D eigenvalue weighted by Gasteiger charge is 2.21. The number of thiazole rings is 1. The topological polar surface area (TPSA) is 63.6 Å². The molecule has 0 spiro atoms. The molecule has 0 radical (unpaired) electrons. The molecule has 3 rings (SSSR count). The van der Waals surface area contributed by atoms with Crippen LogP contribution in [0.15, 0.2) is 18.2 Å². The number of aryl methyl sites for hydroxylation is 2. The highest BCUT2D eigenvalue weighted by molar-refractivity contribution is 7.11. The molecule has 0 saturated carbocycles. The van der Waals surface area contributed by atoms with Gasteiger partial charge in [0.1, 0.15) is 16.5 Å². The lowest BCUT2D eigenvalue weighted by Crippen LogP contribution is -2.25. The molecule has 1 aliphatic carbocycles. The summed E-state index contributed by atoms with van der Waals surface area (Å²) in [5.74, 6) is 1.36. The summed E-state index contributed by atoms with van der Waals surface area (Å²) in [6.07, 6.45) is 2.81. The van der Waals surface area contributed by atoms with Crippen molar-refractivity contribution in [1.82, 2.24) is 10.3 Å². The van der Waals surface area contributed by atoms with Gasteiger partial charge in [0.05, 0.1) is 32.1 Å². The molecule has 2 unspecified atom stereocenters. The van der Waals surface area contributed by atoms with E-state index in [1.54, 1.807) is 25.6 Å². The van der Waals surface area contributed by atoms with Gasteiger partial charge in [-0.25, -0.2) is 4.98 Å². The first-order chi connectivity index (χ1) is 11.6. The van der Waals surface area contributed by atoms with Gasteiger partial charge in [0.25, 0.3) is 0 Å². The Bertz CT molecular complexity index is 680. The summed E-state index contributed by atoms with van der Waals surface area (Å²) >= 11 is 1.79. The van der Waals surface area contributed by atoms with Gasteiger partial charge in [-0.15, -0.1) is 11.3 Å². The second kappa shape index (κ2) is 7.51. The van der Waals surface area contributed by atoms with E-state index in [-0.39, 0.29) is 6.04 Å². The van der Waals surface area contributed by atoms with Gasteiger partial charge < -0.3 is 19.9 Å². The van der Waals surface area contributed by atoms with E-state index in [1.165, 1.54) is 17.0 Å². The van der Waals surface area contributed by atoms with Crippen molar-refractivity contribution in [3.05, 3.63) is 39.3 Å². The number of nitrogens with one attached hydrogen (secondary N) is 1. The van der Waals surface area contributed by atoms with Crippen LogP contribution in [0.5, 0.6) is 11.5 Å². The third kappa shape index (κ3) is 3.55. The van der Waals surface area contributed by atoms with Crippen LogP contribution in [0.25, 0.3) is 0 Å². The summed E-state index contributed by atoms with van der Waals surface area (Å²) < 4.78 is 10.6. The van der Waals surface area contributed by atoms with Crippen LogP contribution in [-0.4, -0.2) is 30.9 Å². The summed E-state index contributed by atoms with van der Waals surface area (Å²) in [7, 11) is 3.21. The van der Waals surface area contributed by atoms with E-state index >= 15 is 0 Å². The van der Waals surface area contributed by atoms with E-state index in [9.17, 15) is 5.11 Å². The summed E-state index contributed by atoms with van der Waals surface area (Å²) in [5.41, 5.74) is 1.98. The van der Waals surface area contributed by atoms with Crippen LogP contribution in [0.2, 0.25) is 0 Å². The Morgan fingerprint density at radius 3 is 2.83 bits per heavy atom. The van der Waals surface area contributed by atoms with Gasteiger partial charge in [0, 0.05) is 17.0 Å². The molecule has 130 valence electrons. The number of hydrogen-bond donors (Lipinski definition) is 2. The Morgan fingerprint density at radius 1 is 1.29 bits per heavy atom. The Balaban J connectivity index is 1.65. The zero-order valence-corrected chi connectivity index (χ0v) is 15.2. The van der Waals surface area contributed by atoms with Crippen LogP contribution in [0.3, 0.4) is 0 Å². The van der Waals surface area contributed by atoms with Crippen LogP contribution in [0.1, 0.15) is 46.6 Å². The smallest absolute Gasteiger partial charge is 0.124 e. The monoisotopic (exact) mass is 348 g/mol. The second-order valence-electron chi connectivity index (χ2n) is 6.03. The largest absolute Gasteiger partial charge is 0.497 e. The number of ether oxygens (including phenoxy) is 2. The van der Waals surface area contributed by atoms with Crippen LogP contribution in [-0.2, 0) is 12.8 Å². The van der Waals surface area contributed by atoms with E-state index < -0.39 is 6.10 Å². The number of rotatable bonds is 7. The van der Waals surface area contributed by atoms with E-state index in [1.807, 2.05) is 18.2 Å². The van der Waals surface area contributed by atoms with Gasteiger partial charge in [-0.1, -0.05) is 0 Å². The number of benzene rings is 1. The minimum Gasteiger partial charge on any atom is -0.497 e. The minimum absolute atomic E-state index is 0.117. The molecular formula is C18H24N2O3S. The lowest BCUT2D eigenvalue weighted by atomic mass is 10.1. The molecule has 0 bridgehead atoms. The second-order valence-corrected chi connectivity index (χ2v) is 7.14. The minimum atomic E-state index is -0.677. The molecule has 1 aromatic carbocycles. The average Bonchev–Trinajstić information content (AvgIpc) is 3.20. The van der Waals surface area contributed by atoms with Crippen LogP contribution >= 0.6 is 11.3 Å². The number of nitrogens with zero attached hydrogens (tertiary/aromatic N) is 1. The van der Waals surface area contributed by atoms with Gasteiger partial charge in [-0.2, -0.15) is 0 Å². The highest BCUT2D eigenvalue weighted by Crippen LogP contribution is 2.32. The molecular weight excluding hydrogens is 324 g/mol. The predicted molar refractivity (Wildman–Crippen MR) is 95.1 cm³/mol. The van der Waals surface area contributed by atoms with Crippen molar-refractivity contribution < 1.29 is 14.6 Å². The van der Waals surface area contributed by atoms with Crippen LogP contribution < -0.4 is 14.8 Å². The van der Waals surface area contributed by atoms with Crippen molar-refractivity contribution in [2.24, 2.45) is 0 Å². The molecule has 24 heavy (non-hydrogen) atoms. The Kier molecular flexibility index (Phi) is 5.38. The maximum absolute atomic E-state index is 10.6.